The molecule has 0 aliphatic carbocycles. The predicted molar refractivity (Wildman–Crippen MR) is 83.9 cm³/mol. The fourth-order valence-corrected chi connectivity index (χ4v) is 2.09. The number of carbonyl (C=O) groups is 2. The van der Waals surface area contributed by atoms with Gasteiger partial charge in [0.15, 0.2) is 0 Å². The number of aromatic carboxylic acids is 1. The van der Waals surface area contributed by atoms with Crippen LogP contribution in [0, 0.1) is 24.0 Å². The molecule has 0 aliphatic heterocycles. The highest BCUT2D eigenvalue weighted by Crippen LogP contribution is 2.21. The van der Waals surface area contributed by atoms with Crippen LogP contribution in [-0.4, -0.2) is 21.9 Å². The summed E-state index contributed by atoms with van der Waals surface area (Å²) in [5.74, 6) is -1.56. The topological polar surface area (TPSA) is 110 Å². The highest BCUT2D eigenvalue weighted by Gasteiger charge is 2.15. The van der Waals surface area contributed by atoms with Gasteiger partial charge in [0.05, 0.1) is 10.5 Å². The Bertz CT molecular complexity index is 814. The number of amides is 1. The fourth-order valence-electron chi connectivity index (χ4n) is 2.09. The molecule has 0 unspecified atom stereocenters. The smallest absolute Gasteiger partial charge is 0.335 e. The van der Waals surface area contributed by atoms with E-state index in [1.807, 2.05) is 0 Å². The van der Waals surface area contributed by atoms with Crippen molar-refractivity contribution < 1.29 is 19.6 Å². The number of nitro benzene ring substituents is 1. The number of carboxylic acid groups (broad SMARTS) is 1. The molecular weight excluding hydrogens is 300 g/mol. The number of aryl methyl sites for hydroxylation is 2. The number of nitrogens with zero attached hydrogens (tertiary/aromatic N) is 1. The van der Waals surface area contributed by atoms with Crippen molar-refractivity contribution in [2.45, 2.75) is 13.8 Å². The Morgan fingerprint density at radius 3 is 2.26 bits per heavy atom. The molecule has 0 saturated heterocycles. The number of nitrogens with one attached hydrogen (secondary N) is 1. The molecule has 0 fully saturated rings. The van der Waals surface area contributed by atoms with E-state index >= 15 is 0 Å². The number of hydrogen-bond acceptors (Lipinski definition) is 4. The Labute approximate surface area is 131 Å². The molecule has 2 aromatic carbocycles. The molecule has 0 heterocycles. The van der Waals surface area contributed by atoms with E-state index in [0.717, 1.165) is 0 Å². The van der Waals surface area contributed by atoms with Crippen LogP contribution in [0.5, 0.6) is 0 Å². The lowest BCUT2D eigenvalue weighted by Gasteiger charge is -2.10. The number of anilines is 1. The van der Waals surface area contributed by atoms with Crippen LogP contribution in [0.2, 0.25) is 0 Å². The maximum Gasteiger partial charge on any atom is 0.335 e. The molecule has 0 spiro atoms. The van der Waals surface area contributed by atoms with Gasteiger partial charge >= 0.3 is 5.97 Å². The van der Waals surface area contributed by atoms with E-state index in [9.17, 15) is 19.7 Å². The number of nitro groups is 1. The largest absolute Gasteiger partial charge is 0.478 e. The van der Waals surface area contributed by atoms with Gasteiger partial charge in [-0.2, -0.15) is 0 Å². The maximum absolute atomic E-state index is 12.3. The van der Waals surface area contributed by atoms with E-state index in [-0.39, 0.29) is 16.8 Å². The normalized spacial score (nSPS) is 10.2. The van der Waals surface area contributed by atoms with Gasteiger partial charge in [0.2, 0.25) is 0 Å². The first kappa shape index (κ1) is 16.2. The lowest BCUT2D eigenvalue weighted by molar-refractivity contribution is -0.385. The first-order valence-corrected chi connectivity index (χ1v) is 6.70. The molecule has 0 radical (unpaired) electrons. The van der Waals surface area contributed by atoms with Gasteiger partial charge in [0, 0.05) is 22.9 Å². The summed E-state index contributed by atoms with van der Waals surface area (Å²) in [6.07, 6.45) is 0. The van der Waals surface area contributed by atoms with Crippen LogP contribution in [0.1, 0.15) is 31.8 Å². The molecule has 0 saturated carbocycles. The molecule has 23 heavy (non-hydrogen) atoms. The number of benzene rings is 2. The maximum atomic E-state index is 12.3. The summed E-state index contributed by atoms with van der Waals surface area (Å²) in [6, 6.07) is 8.46. The summed E-state index contributed by atoms with van der Waals surface area (Å²) in [4.78, 5) is 33.5. The molecule has 1 amide bonds. The van der Waals surface area contributed by atoms with Crippen molar-refractivity contribution in [2.75, 3.05) is 5.32 Å². The third-order valence-electron chi connectivity index (χ3n) is 3.39. The Hall–Kier alpha value is -3.22. The van der Waals surface area contributed by atoms with Crippen LogP contribution in [0.25, 0.3) is 0 Å². The standard InChI is InChI=1S/C16H14N2O5/c1-9-3-4-12(16(20)21)8-13(9)17-15(19)11-5-6-14(18(22)23)10(2)7-11/h3-8H,1-2H3,(H,17,19)(H,20,21). The quantitative estimate of drug-likeness (QED) is 0.665. The average molecular weight is 314 g/mol. The SMILES string of the molecule is Cc1ccc(C(=O)O)cc1NC(=O)c1ccc([N+](=O)[O-])c(C)c1. The first-order valence-electron chi connectivity index (χ1n) is 6.70. The third kappa shape index (κ3) is 3.52. The van der Waals surface area contributed by atoms with E-state index < -0.39 is 16.8 Å². The molecule has 2 N–H and O–H groups in total. The molecule has 0 bridgehead atoms. The van der Waals surface area contributed by atoms with Crippen LogP contribution in [0.3, 0.4) is 0 Å². The lowest BCUT2D eigenvalue weighted by atomic mass is 10.1. The molecule has 2 rings (SSSR count). The highest BCUT2D eigenvalue weighted by molar-refractivity contribution is 6.05. The molecular formula is C16H14N2O5. The lowest BCUT2D eigenvalue weighted by Crippen LogP contribution is -2.14. The predicted octanol–water partition coefficient (Wildman–Crippen LogP) is 3.16. The molecule has 2 aromatic rings. The van der Waals surface area contributed by atoms with Gasteiger partial charge in [-0.25, -0.2) is 4.79 Å². The van der Waals surface area contributed by atoms with Gasteiger partial charge in [-0.15, -0.1) is 0 Å². The van der Waals surface area contributed by atoms with E-state index in [4.69, 9.17) is 5.11 Å². The molecule has 0 aliphatic rings. The summed E-state index contributed by atoms with van der Waals surface area (Å²) in [5, 5.41) is 22.4. The Balaban J connectivity index is 2.29. The summed E-state index contributed by atoms with van der Waals surface area (Å²) < 4.78 is 0. The van der Waals surface area contributed by atoms with E-state index in [1.165, 1.54) is 30.3 Å². The Kier molecular flexibility index (Phi) is 4.40. The number of carbonyl (C=O) groups excluding carboxylic acids is 1. The summed E-state index contributed by atoms with van der Waals surface area (Å²) in [5.41, 5.74) is 1.72. The number of rotatable bonds is 4. The molecule has 7 nitrogen and oxygen atoms in total. The second kappa shape index (κ2) is 6.27. The van der Waals surface area contributed by atoms with Crippen molar-refractivity contribution in [1.29, 1.82) is 0 Å². The summed E-state index contributed by atoms with van der Waals surface area (Å²) in [7, 11) is 0. The van der Waals surface area contributed by atoms with Gasteiger partial charge in [-0.1, -0.05) is 6.07 Å². The van der Waals surface area contributed by atoms with Crippen molar-refractivity contribution in [3.63, 3.8) is 0 Å². The van der Waals surface area contributed by atoms with Crippen LogP contribution in [0.15, 0.2) is 36.4 Å². The minimum Gasteiger partial charge on any atom is -0.478 e. The Morgan fingerprint density at radius 1 is 1.04 bits per heavy atom. The fraction of sp³-hybridized carbons (Fsp3) is 0.125. The molecule has 0 atom stereocenters. The molecule has 7 heteroatoms. The van der Waals surface area contributed by atoms with E-state index in [1.54, 1.807) is 19.9 Å². The summed E-state index contributed by atoms with van der Waals surface area (Å²) >= 11 is 0. The van der Waals surface area contributed by atoms with Crippen molar-refractivity contribution in [3.8, 4) is 0 Å². The third-order valence-corrected chi connectivity index (χ3v) is 3.39. The van der Waals surface area contributed by atoms with Crippen molar-refractivity contribution in [3.05, 3.63) is 68.8 Å². The summed E-state index contributed by atoms with van der Waals surface area (Å²) in [6.45, 7) is 3.29. The van der Waals surface area contributed by atoms with Gasteiger partial charge in [0.1, 0.15) is 0 Å². The van der Waals surface area contributed by atoms with Crippen LogP contribution >= 0.6 is 0 Å². The minimum absolute atomic E-state index is 0.0609. The Morgan fingerprint density at radius 2 is 1.70 bits per heavy atom. The van der Waals surface area contributed by atoms with Crippen molar-refractivity contribution >= 4 is 23.3 Å². The monoisotopic (exact) mass is 314 g/mol. The van der Waals surface area contributed by atoms with Crippen LogP contribution < -0.4 is 5.32 Å². The second-order valence-electron chi connectivity index (χ2n) is 5.05. The number of hydrogen-bond donors (Lipinski definition) is 2. The van der Waals surface area contributed by atoms with E-state index in [0.29, 0.717) is 16.8 Å². The zero-order valence-corrected chi connectivity index (χ0v) is 12.5. The first-order chi connectivity index (χ1) is 10.8. The minimum atomic E-state index is -1.09. The average Bonchev–Trinajstić information content (AvgIpc) is 2.48. The van der Waals surface area contributed by atoms with Gasteiger partial charge in [0.25, 0.3) is 11.6 Å². The highest BCUT2D eigenvalue weighted by atomic mass is 16.6. The van der Waals surface area contributed by atoms with Gasteiger partial charge in [-0.05, 0) is 43.7 Å². The molecule has 0 aromatic heterocycles. The van der Waals surface area contributed by atoms with Crippen molar-refractivity contribution in [2.24, 2.45) is 0 Å². The zero-order chi connectivity index (χ0) is 17.1. The zero-order valence-electron chi connectivity index (χ0n) is 12.5. The van der Waals surface area contributed by atoms with E-state index in [2.05, 4.69) is 5.32 Å². The van der Waals surface area contributed by atoms with Gasteiger partial charge < -0.3 is 10.4 Å². The van der Waals surface area contributed by atoms with Crippen LogP contribution in [-0.2, 0) is 0 Å². The van der Waals surface area contributed by atoms with Crippen LogP contribution in [0.4, 0.5) is 11.4 Å². The molecule has 118 valence electrons. The van der Waals surface area contributed by atoms with Crippen molar-refractivity contribution in [1.82, 2.24) is 0 Å². The second-order valence-corrected chi connectivity index (χ2v) is 5.05. The van der Waals surface area contributed by atoms with Gasteiger partial charge in [-0.3, -0.25) is 14.9 Å². The number of carboxylic acids is 1.